The first kappa shape index (κ1) is 12.0. The van der Waals surface area contributed by atoms with Gasteiger partial charge in [0, 0.05) is 25.7 Å². The van der Waals surface area contributed by atoms with Gasteiger partial charge in [-0.1, -0.05) is 5.16 Å². The second-order valence-electron chi connectivity index (χ2n) is 4.62. The Balaban J connectivity index is 1.76. The zero-order valence-electron chi connectivity index (χ0n) is 10.6. The van der Waals surface area contributed by atoms with E-state index in [9.17, 15) is 4.79 Å². The third-order valence-electron chi connectivity index (χ3n) is 3.40. The van der Waals surface area contributed by atoms with Gasteiger partial charge in [-0.05, 0) is 25.1 Å². The maximum absolute atomic E-state index is 12.3. The third-order valence-corrected chi connectivity index (χ3v) is 3.40. The summed E-state index contributed by atoms with van der Waals surface area (Å²) in [4.78, 5) is 14.0. The molecule has 6 heteroatoms. The maximum atomic E-state index is 12.3. The van der Waals surface area contributed by atoms with E-state index in [1.54, 1.807) is 36.4 Å². The zero-order chi connectivity index (χ0) is 13.2. The summed E-state index contributed by atoms with van der Waals surface area (Å²) in [5.74, 6) is 0.901. The molecule has 0 saturated carbocycles. The standard InChI is InChI=1S/C13H15N3O3/c1-16(9-4-5-14-8-9)13(17)10-7-12(19-15-10)11-3-2-6-18-11/h2-3,6-7,9,14H,4-5,8H2,1H3. The largest absolute Gasteiger partial charge is 0.461 e. The van der Waals surface area contributed by atoms with Crippen LogP contribution in [0.5, 0.6) is 0 Å². The van der Waals surface area contributed by atoms with E-state index < -0.39 is 0 Å². The highest BCUT2D eigenvalue weighted by atomic mass is 16.5. The molecule has 1 unspecified atom stereocenters. The Labute approximate surface area is 110 Å². The van der Waals surface area contributed by atoms with Crippen molar-refractivity contribution in [1.82, 2.24) is 15.4 Å². The van der Waals surface area contributed by atoms with Crippen LogP contribution in [0.2, 0.25) is 0 Å². The Kier molecular flexibility index (Phi) is 3.08. The lowest BCUT2D eigenvalue weighted by atomic mass is 10.2. The fourth-order valence-corrected chi connectivity index (χ4v) is 2.23. The number of furan rings is 1. The predicted octanol–water partition coefficient (Wildman–Crippen LogP) is 1.37. The molecule has 0 aromatic carbocycles. The van der Waals surface area contributed by atoms with Gasteiger partial charge in [-0.25, -0.2) is 0 Å². The first-order valence-electron chi connectivity index (χ1n) is 6.24. The van der Waals surface area contributed by atoms with Crippen LogP contribution in [0.1, 0.15) is 16.9 Å². The normalized spacial score (nSPS) is 18.7. The molecule has 3 rings (SSSR count). The highest BCUT2D eigenvalue weighted by Gasteiger charge is 2.26. The van der Waals surface area contributed by atoms with Crippen molar-refractivity contribution in [1.29, 1.82) is 0 Å². The number of amides is 1. The molecule has 6 nitrogen and oxygen atoms in total. The monoisotopic (exact) mass is 261 g/mol. The molecule has 19 heavy (non-hydrogen) atoms. The maximum Gasteiger partial charge on any atom is 0.276 e. The van der Waals surface area contributed by atoms with Crippen LogP contribution in [0.3, 0.4) is 0 Å². The van der Waals surface area contributed by atoms with Crippen molar-refractivity contribution < 1.29 is 13.7 Å². The van der Waals surface area contributed by atoms with Gasteiger partial charge in [-0.2, -0.15) is 0 Å². The van der Waals surface area contributed by atoms with Crippen molar-refractivity contribution in [3.63, 3.8) is 0 Å². The van der Waals surface area contributed by atoms with Crippen LogP contribution in [-0.4, -0.2) is 42.1 Å². The summed E-state index contributed by atoms with van der Waals surface area (Å²) in [5.41, 5.74) is 0.306. The average Bonchev–Trinajstić information content (AvgIpc) is 3.16. The Hall–Kier alpha value is -2.08. The van der Waals surface area contributed by atoms with Crippen LogP contribution < -0.4 is 5.32 Å². The SMILES string of the molecule is CN(C(=O)c1cc(-c2ccco2)on1)C1CCNC1. The van der Waals surface area contributed by atoms with Crippen LogP contribution >= 0.6 is 0 Å². The van der Waals surface area contributed by atoms with Crippen molar-refractivity contribution in [2.45, 2.75) is 12.5 Å². The van der Waals surface area contributed by atoms with Crippen molar-refractivity contribution in [2.24, 2.45) is 0 Å². The molecule has 3 heterocycles. The van der Waals surface area contributed by atoms with Crippen molar-refractivity contribution in [3.8, 4) is 11.5 Å². The number of carbonyl (C=O) groups is 1. The Morgan fingerprint density at radius 1 is 1.53 bits per heavy atom. The van der Waals surface area contributed by atoms with E-state index in [1.807, 2.05) is 0 Å². The zero-order valence-corrected chi connectivity index (χ0v) is 10.6. The van der Waals surface area contributed by atoms with Gasteiger partial charge in [0.2, 0.25) is 5.76 Å². The van der Waals surface area contributed by atoms with Crippen LogP contribution in [0.25, 0.3) is 11.5 Å². The van der Waals surface area contributed by atoms with Gasteiger partial charge in [-0.15, -0.1) is 0 Å². The molecular weight excluding hydrogens is 246 g/mol. The van der Waals surface area contributed by atoms with Gasteiger partial charge in [0.1, 0.15) is 0 Å². The van der Waals surface area contributed by atoms with Crippen LogP contribution in [0.4, 0.5) is 0 Å². The first-order valence-corrected chi connectivity index (χ1v) is 6.24. The number of hydrogen-bond acceptors (Lipinski definition) is 5. The van der Waals surface area contributed by atoms with Crippen LogP contribution in [0, 0.1) is 0 Å². The average molecular weight is 261 g/mol. The van der Waals surface area contributed by atoms with E-state index in [0.717, 1.165) is 19.5 Å². The number of nitrogens with zero attached hydrogens (tertiary/aromatic N) is 2. The Morgan fingerprint density at radius 2 is 2.42 bits per heavy atom. The van der Waals surface area contributed by atoms with Crippen LogP contribution in [0.15, 0.2) is 33.4 Å². The van der Waals surface area contributed by atoms with Gasteiger partial charge >= 0.3 is 0 Å². The number of carbonyl (C=O) groups excluding carboxylic acids is 1. The summed E-state index contributed by atoms with van der Waals surface area (Å²) in [7, 11) is 1.79. The molecule has 1 N–H and O–H groups in total. The molecule has 1 atom stereocenters. The van der Waals surface area contributed by atoms with E-state index in [2.05, 4.69) is 10.5 Å². The molecule has 0 aliphatic carbocycles. The fraction of sp³-hybridized carbons (Fsp3) is 0.385. The lowest BCUT2D eigenvalue weighted by Crippen LogP contribution is -2.38. The summed E-state index contributed by atoms with van der Waals surface area (Å²) in [6.07, 6.45) is 2.51. The fourth-order valence-electron chi connectivity index (χ4n) is 2.23. The molecule has 2 aromatic heterocycles. The quantitative estimate of drug-likeness (QED) is 0.903. The smallest absolute Gasteiger partial charge is 0.276 e. The summed E-state index contributed by atoms with van der Waals surface area (Å²) in [5, 5.41) is 7.05. The Bertz CT molecular complexity index is 555. The first-order chi connectivity index (χ1) is 9.25. The summed E-state index contributed by atoms with van der Waals surface area (Å²) in [6.45, 7) is 1.77. The third kappa shape index (κ3) is 2.26. The second-order valence-corrected chi connectivity index (χ2v) is 4.62. The van der Waals surface area contributed by atoms with E-state index in [1.165, 1.54) is 0 Å². The van der Waals surface area contributed by atoms with Gasteiger partial charge in [-0.3, -0.25) is 4.79 Å². The number of rotatable bonds is 3. The number of likely N-dealkylation sites (N-methyl/N-ethyl adjacent to an activating group) is 1. The molecule has 0 radical (unpaired) electrons. The molecule has 2 aromatic rings. The minimum absolute atomic E-state index is 0.129. The molecule has 1 amide bonds. The summed E-state index contributed by atoms with van der Waals surface area (Å²) < 4.78 is 10.3. The van der Waals surface area contributed by atoms with E-state index in [4.69, 9.17) is 8.94 Å². The second kappa shape index (κ2) is 4.89. The van der Waals surface area contributed by atoms with E-state index in [-0.39, 0.29) is 11.9 Å². The molecule has 0 bridgehead atoms. The predicted molar refractivity (Wildman–Crippen MR) is 67.6 cm³/mol. The van der Waals surface area contributed by atoms with Crippen molar-refractivity contribution >= 4 is 5.91 Å². The molecular formula is C13H15N3O3. The Morgan fingerprint density at radius 3 is 3.11 bits per heavy atom. The molecule has 1 saturated heterocycles. The molecule has 100 valence electrons. The minimum Gasteiger partial charge on any atom is -0.461 e. The highest BCUT2D eigenvalue weighted by molar-refractivity contribution is 5.93. The van der Waals surface area contributed by atoms with Crippen molar-refractivity contribution in [3.05, 3.63) is 30.2 Å². The lowest BCUT2D eigenvalue weighted by molar-refractivity contribution is 0.0733. The molecule has 1 fully saturated rings. The molecule has 0 spiro atoms. The summed E-state index contributed by atoms with van der Waals surface area (Å²) in [6, 6.07) is 5.35. The van der Waals surface area contributed by atoms with E-state index in [0.29, 0.717) is 17.2 Å². The topological polar surface area (TPSA) is 71.5 Å². The number of nitrogens with one attached hydrogen (secondary N) is 1. The number of hydrogen-bond donors (Lipinski definition) is 1. The van der Waals surface area contributed by atoms with Gasteiger partial charge in [0.15, 0.2) is 11.5 Å². The minimum atomic E-state index is -0.129. The van der Waals surface area contributed by atoms with Gasteiger partial charge in [0.25, 0.3) is 5.91 Å². The number of aromatic nitrogens is 1. The highest BCUT2D eigenvalue weighted by Crippen LogP contribution is 2.21. The molecule has 1 aliphatic heterocycles. The van der Waals surface area contributed by atoms with E-state index >= 15 is 0 Å². The van der Waals surface area contributed by atoms with Crippen LogP contribution in [-0.2, 0) is 0 Å². The summed E-state index contributed by atoms with van der Waals surface area (Å²) >= 11 is 0. The van der Waals surface area contributed by atoms with Crippen molar-refractivity contribution in [2.75, 3.05) is 20.1 Å². The van der Waals surface area contributed by atoms with Gasteiger partial charge < -0.3 is 19.2 Å². The van der Waals surface area contributed by atoms with Gasteiger partial charge in [0.05, 0.1) is 6.26 Å². The molecule has 1 aliphatic rings. The lowest BCUT2D eigenvalue weighted by Gasteiger charge is -2.22.